The van der Waals surface area contributed by atoms with Crippen molar-refractivity contribution in [2.45, 2.75) is 65.2 Å². The standard InChI is InChI=1S/C28H32FNO4/c1-18(2)30-24-9-7-6-8-23(24)27(19-10-12-20(29)13-11-19)25(30)15-14-21(31)16-22(32)17-26(33)34-28(3,4)5/h6-15,18,22,32H,16-17H2,1-5H3/b15-14-/t22-/m1/s1. The molecule has 0 spiro atoms. The summed E-state index contributed by atoms with van der Waals surface area (Å²) in [5, 5.41) is 11.2. The van der Waals surface area contributed by atoms with E-state index in [9.17, 15) is 19.1 Å². The van der Waals surface area contributed by atoms with Crippen molar-refractivity contribution in [1.29, 1.82) is 0 Å². The number of fused-ring (bicyclic) bond motifs is 1. The third-order valence-corrected chi connectivity index (χ3v) is 5.28. The number of halogens is 1. The Kier molecular flexibility index (Phi) is 7.72. The van der Waals surface area contributed by atoms with Crippen LogP contribution in [-0.2, 0) is 14.3 Å². The van der Waals surface area contributed by atoms with Gasteiger partial charge in [0, 0.05) is 28.9 Å². The van der Waals surface area contributed by atoms with E-state index in [4.69, 9.17) is 4.74 Å². The van der Waals surface area contributed by atoms with E-state index >= 15 is 0 Å². The SMILES string of the molecule is CC(C)n1c(/C=C\C(=O)C[C@@H](O)CC(=O)OC(C)(C)C)c(-c2ccc(F)cc2)c2ccccc21. The van der Waals surface area contributed by atoms with Gasteiger partial charge in [-0.25, -0.2) is 4.39 Å². The predicted octanol–water partition coefficient (Wildman–Crippen LogP) is 6.09. The number of ether oxygens (including phenoxy) is 1. The molecule has 0 unspecified atom stereocenters. The van der Waals surface area contributed by atoms with Gasteiger partial charge in [0.05, 0.1) is 18.2 Å². The predicted molar refractivity (Wildman–Crippen MR) is 133 cm³/mol. The molecule has 0 saturated heterocycles. The first-order valence-corrected chi connectivity index (χ1v) is 11.5. The van der Waals surface area contributed by atoms with Crippen LogP contribution in [0.2, 0.25) is 0 Å². The summed E-state index contributed by atoms with van der Waals surface area (Å²) in [4.78, 5) is 24.6. The summed E-state index contributed by atoms with van der Waals surface area (Å²) >= 11 is 0. The van der Waals surface area contributed by atoms with Crippen molar-refractivity contribution in [3.63, 3.8) is 0 Å². The number of benzene rings is 2. The number of nitrogens with zero attached hydrogens (tertiary/aromatic N) is 1. The first-order chi connectivity index (χ1) is 16.0. The van der Waals surface area contributed by atoms with E-state index in [1.165, 1.54) is 18.2 Å². The maximum atomic E-state index is 13.6. The Morgan fingerprint density at radius 3 is 2.32 bits per heavy atom. The van der Waals surface area contributed by atoms with Crippen LogP contribution in [0.5, 0.6) is 0 Å². The molecule has 5 nitrogen and oxygen atoms in total. The highest BCUT2D eigenvalue weighted by Gasteiger charge is 2.21. The van der Waals surface area contributed by atoms with Crippen molar-refractivity contribution in [2.75, 3.05) is 0 Å². The number of hydrogen-bond donors (Lipinski definition) is 1. The number of aliphatic hydroxyl groups excluding tert-OH is 1. The molecule has 1 aromatic heterocycles. The van der Waals surface area contributed by atoms with Gasteiger partial charge in [-0.05, 0) is 70.5 Å². The highest BCUT2D eigenvalue weighted by molar-refractivity contribution is 6.03. The number of esters is 1. The van der Waals surface area contributed by atoms with Crippen molar-refractivity contribution in [3.8, 4) is 11.1 Å². The molecule has 0 bridgehead atoms. The van der Waals surface area contributed by atoms with Gasteiger partial charge in [0.25, 0.3) is 0 Å². The number of hydrogen-bond acceptors (Lipinski definition) is 4. The van der Waals surface area contributed by atoms with Gasteiger partial charge in [0.15, 0.2) is 5.78 Å². The third kappa shape index (κ3) is 6.20. The number of rotatable bonds is 8. The van der Waals surface area contributed by atoms with Crippen LogP contribution >= 0.6 is 0 Å². The molecule has 0 radical (unpaired) electrons. The van der Waals surface area contributed by atoms with Crippen LogP contribution in [-0.4, -0.2) is 33.1 Å². The van der Waals surface area contributed by atoms with Crippen molar-refractivity contribution in [1.82, 2.24) is 4.57 Å². The minimum atomic E-state index is -1.13. The van der Waals surface area contributed by atoms with Gasteiger partial charge in [-0.2, -0.15) is 0 Å². The van der Waals surface area contributed by atoms with Gasteiger partial charge < -0.3 is 14.4 Å². The van der Waals surface area contributed by atoms with E-state index in [1.54, 1.807) is 39.0 Å². The number of aliphatic hydroxyl groups is 1. The number of aromatic nitrogens is 1. The van der Waals surface area contributed by atoms with Crippen molar-refractivity contribution in [3.05, 3.63) is 66.1 Å². The Labute approximate surface area is 199 Å². The van der Waals surface area contributed by atoms with Crippen LogP contribution in [0.25, 0.3) is 28.1 Å². The van der Waals surface area contributed by atoms with Gasteiger partial charge in [0.1, 0.15) is 11.4 Å². The zero-order valence-electron chi connectivity index (χ0n) is 20.3. The van der Waals surface area contributed by atoms with Crippen LogP contribution in [0.4, 0.5) is 4.39 Å². The average molecular weight is 466 g/mol. The van der Waals surface area contributed by atoms with E-state index in [1.807, 2.05) is 24.3 Å². The fourth-order valence-corrected chi connectivity index (χ4v) is 4.04. The van der Waals surface area contributed by atoms with E-state index in [-0.39, 0.29) is 30.5 Å². The van der Waals surface area contributed by atoms with Crippen LogP contribution in [0.3, 0.4) is 0 Å². The summed E-state index contributed by atoms with van der Waals surface area (Å²) in [6.45, 7) is 9.36. The van der Waals surface area contributed by atoms with Gasteiger partial charge in [-0.15, -0.1) is 0 Å². The number of para-hydroxylation sites is 1. The molecule has 0 aliphatic carbocycles. The normalized spacial score (nSPS) is 13.1. The van der Waals surface area contributed by atoms with Gasteiger partial charge in [-0.1, -0.05) is 30.3 Å². The molecule has 3 rings (SSSR count). The van der Waals surface area contributed by atoms with Crippen LogP contribution in [0.15, 0.2) is 54.6 Å². The van der Waals surface area contributed by atoms with Crippen LogP contribution in [0, 0.1) is 5.82 Å². The second-order valence-electron chi connectivity index (χ2n) is 9.70. The van der Waals surface area contributed by atoms with Crippen molar-refractivity contribution < 1.29 is 23.8 Å². The summed E-state index contributed by atoms with van der Waals surface area (Å²) in [6.07, 6.45) is 1.60. The molecule has 1 N–H and O–H groups in total. The molecule has 180 valence electrons. The van der Waals surface area contributed by atoms with Gasteiger partial charge >= 0.3 is 5.97 Å². The topological polar surface area (TPSA) is 68.5 Å². The van der Waals surface area contributed by atoms with Gasteiger partial charge in [-0.3, -0.25) is 9.59 Å². The molecular weight excluding hydrogens is 433 g/mol. The summed E-state index contributed by atoms with van der Waals surface area (Å²) in [5.74, 6) is -1.17. The quantitative estimate of drug-likeness (QED) is 0.323. The molecule has 6 heteroatoms. The fourth-order valence-electron chi connectivity index (χ4n) is 4.04. The Morgan fingerprint density at radius 1 is 1.06 bits per heavy atom. The second-order valence-corrected chi connectivity index (χ2v) is 9.70. The first kappa shape index (κ1) is 25.4. The molecule has 2 aromatic carbocycles. The smallest absolute Gasteiger partial charge is 0.308 e. The Balaban J connectivity index is 1.92. The maximum absolute atomic E-state index is 13.6. The maximum Gasteiger partial charge on any atom is 0.308 e. The number of carbonyl (C=O) groups excluding carboxylic acids is 2. The van der Waals surface area contributed by atoms with Crippen molar-refractivity contribution in [2.24, 2.45) is 0 Å². The third-order valence-electron chi connectivity index (χ3n) is 5.28. The van der Waals surface area contributed by atoms with E-state index in [0.717, 1.165) is 27.7 Å². The Morgan fingerprint density at radius 2 is 1.71 bits per heavy atom. The first-order valence-electron chi connectivity index (χ1n) is 11.5. The zero-order chi connectivity index (χ0) is 25.0. The summed E-state index contributed by atoms with van der Waals surface area (Å²) in [5.41, 5.74) is 2.92. The molecule has 3 aromatic rings. The lowest BCUT2D eigenvalue weighted by Crippen LogP contribution is -2.27. The number of ketones is 1. The number of allylic oxidation sites excluding steroid dienone is 1. The minimum absolute atomic E-state index is 0.103. The monoisotopic (exact) mass is 465 g/mol. The highest BCUT2D eigenvalue weighted by atomic mass is 19.1. The van der Waals surface area contributed by atoms with Crippen LogP contribution in [0.1, 0.15) is 59.2 Å². The summed E-state index contributed by atoms with van der Waals surface area (Å²) in [7, 11) is 0. The lowest BCUT2D eigenvalue weighted by Gasteiger charge is -2.20. The Bertz CT molecular complexity index is 1200. The van der Waals surface area contributed by atoms with Crippen LogP contribution < -0.4 is 0 Å². The molecule has 1 heterocycles. The van der Waals surface area contributed by atoms with Crippen molar-refractivity contribution >= 4 is 28.7 Å². The minimum Gasteiger partial charge on any atom is -0.460 e. The molecule has 34 heavy (non-hydrogen) atoms. The molecular formula is C28H32FNO4. The highest BCUT2D eigenvalue weighted by Crippen LogP contribution is 2.37. The lowest BCUT2D eigenvalue weighted by molar-refractivity contribution is -0.157. The fraction of sp³-hybridized carbons (Fsp3) is 0.357. The molecule has 0 saturated carbocycles. The summed E-state index contributed by atoms with van der Waals surface area (Å²) < 4.78 is 20.9. The average Bonchev–Trinajstić information content (AvgIpc) is 3.05. The second kappa shape index (κ2) is 10.3. The zero-order valence-corrected chi connectivity index (χ0v) is 20.3. The molecule has 0 fully saturated rings. The van der Waals surface area contributed by atoms with Gasteiger partial charge in [0.2, 0.25) is 0 Å². The lowest BCUT2D eigenvalue weighted by atomic mass is 10.0. The molecule has 0 aliphatic heterocycles. The van der Waals surface area contributed by atoms with E-state index in [0.29, 0.717) is 0 Å². The van der Waals surface area contributed by atoms with E-state index in [2.05, 4.69) is 18.4 Å². The summed E-state index contributed by atoms with van der Waals surface area (Å²) in [6, 6.07) is 14.3. The molecule has 0 aliphatic rings. The number of carbonyl (C=O) groups is 2. The van der Waals surface area contributed by atoms with E-state index < -0.39 is 17.7 Å². The molecule has 0 amide bonds. The molecule has 1 atom stereocenters. The largest absolute Gasteiger partial charge is 0.460 e. The Hall–Kier alpha value is -3.25.